The molecule has 1 aliphatic rings. The number of ether oxygens (including phenoxy) is 1. The van der Waals surface area contributed by atoms with Crippen LogP contribution in [0.1, 0.15) is 0 Å². The Hall–Kier alpha value is -2.65. The van der Waals surface area contributed by atoms with Crippen molar-refractivity contribution in [2.45, 2.75) is 4.90 Å². The van der Waals surface area contributed by atoms with Crippen LogP contribution in [-0.4, -0.2) is 45.9 Å². The highest BCUT2D eigenvalue weighted by molar-refractivity contribution is 7.90. The zero-order valence-corrected chi connectivity index (χ0v) is 15.0. The summed E-state index contributed by atoms with van der Waals surface area (Å²) >= 11 is 0. The first-order valence-corrected chi connectivity index (χ1v) is 9.92. The maximum atomic E-state index is 11.6. The third kappa shape index (κ3) is 4.12. The molecule has 0 bridgehead atoms. The molecule has 0 atom stereocenters. The topological polar surface area (TPSA) is 102 Å². The van der Waals surface area contributed by atoms with E-state index in [2.05, 4.69) is 10.2 Å². The van der Waals surface area contributed by atoms with Crippen LogP contribution >= 0.6 is 0 Å². The number of morpholine rings is 1. The number of sulfone groups is 1. The number of rotatable bonds is 5. The summed E-state index contributed by atoms with van der Waals surface area (Å²) in [5.41, 5.74) is 1.68. The van der Waals surface area contributed by atoms with Gasteiger partial charge < -0.3 is 15.0 Å². The van der Waals surface area contributed by atoms with Crippen LogP contribution in [0, 0.1) is 10.1 Å². The Morgan fingerprint density at radius 3 is 2.35 bits per heavy atom. The zero-order valence-electron chi connectivity index (χ0n) is 14.2. The molecule has 138 valence electrons. The van der Waals surface area contributed by atoms with Gasteiger partial charge in [0.05, 0.1) is 23.0 Å². The van der Waals surface area contributed by atoms with Gasteiger partial charge in [0, 0.05) is 36.8 Å². The summed E-state index contributed by atoms with van der Waals surface area (Å²) in [7, 11) is -3.51. The molecule has 9 heteroatoms. The highest BCUT2D eigenvalue weighted by Gasteiger charge is 2.19. The first-order valence-electron chi connectivity index (χ1n) is 8.03. The van der Waals surface area contributed by atoms with E-state index in [1.54, 1.807) is 0 Å². The maximum absolute atomic E-state index is 11.6. The van der Waals surface area contributed by atoms with Crippen molar-refractivity contribution in [3.05, 3.63) is 52.6 Å². The normalized spacial score (nSPS) is 14.9. The number of nitrogens with one attached hydrogen (secondary N) is 1. The molecule has 1 heterocycles. The Kier molecular flexibility index (Phi) is 5.10. The van der Waals surface area contributed by atoms with Gasteiger partial charge in [-0.05, 0) is 36.4 Å². The fourth-order valence-electron chi connectivity index (χ4n) is 2.73. The fraction of sp³-hybridized carbons (Fsp3) is 0.294. The van der Waals surface area contributed by atoms with Crippen LogP contribution in [-0.2, 0) is 14.6 Å². The van der Waals surface area contributed by atoms with E-state index in [9.17, 15) is 18.5 Å². The van der Waals surface area contributed by atoms with E-state index in [1.807, 2.05) is 24.3 Å². The van der Waals surface area contributed by atoms with Crippen molar-refractivity contribution < 1.29 is 18.1 Å². The van der Waals surface area contributed by atoms with E-state index < -0.39 is 14.8 Å². The quantitative estimate of drug-likeness (QED) is 0.631. The largest absolute Gasteiger partial charge is 0.378 e. The highest BCUT2D eigenvalue weighted by atomic mass is 32.2. The Morgan fingerprint density at radius 1 is 1.12 bits per heavy atom. The molecule has 1 aliphatic heterocycles. The van der Waals surface area contributed by atoms with Gasteiger partial charge in [0.1, 0.15) is 5.69 Å². The predicted octanol–water partition coefficient (Wildman–Crippen LogP) is 2.58. The lowest BCUT2D eigenvalue weighted by atomic mass is 10.2. The molecule has 0 radical (unpaired) electrons. The van der Waals surface area contributed by atoms with Gasteiger partial charge in [-0.2, -0.15) is 0 Å². The summed E-state index contributed by atoms with van der Waals surface area (Å²) in [6, 6.07) is 11.4. The molecule has 2 aromatic rings. The Bertz CT molecular complexity index is 906. The molecular weight excluding hydrogens is 358 g/mol. The van der Waals surface area contributed by atoms with Crippen molar-refractivity contribution in [3.8, 4) is 0 Å². The summed E-state index contributed by atoms with van der Waals surface area (Å²) in [4.78, 5) is 12.8. The Morgan fingerprint density at radius 2 is 1.77 bits per heavy atom. The van der Waals surface area contributed by atoms with E-state index in [0.29, 0.717) is 18.9 Å². The van der Waals surface area contributed by atoms with Gasteiger partial charge in [0.15, 0.2) is 9.84 Å². The van der Waals surface area contributed by atoms with E-state index in [0.717, 1.165) is 31.1 Å². The van der Waals surface area contributed by atoms with Crippen molar-refractivity contribution in [1.82, 2.24) is 0 Å². The first-order chi connectivity index (χ1) is 12.3. The van der Waals surface area contributed by atoms with Crippen molar-refractivity contribution in [3.63, 3.8) is 0 Å². The molecule has 0 spiro atoms. The van der Waals surface area contributed by atoms with Crippen LogP contribution in [0.25, 0.3) is 0 Å². The molecule has 8 nitrogen and oxygen atoms in total. The number of nitrogens with zero attached hydrogens (tertiary/aromatic N) is 2. The minimum Gasteiger partial charge on any atom is -0.378 e. The number of anilines is 3. The van der Waals surface area contributed by atoms with Gasteiger partial charge in [0.25, 0.3) is 5.69 Å². The molecule has 1 fully saturated rings. The summed E-state index contributed by atoms with van der Waals surface area (Å²) < 4.78 is 28.5. The average molecular weight is 377 g/mol. The van der Waals surface area contributed by atoms with Crippen LogP contribution in [0.3, 0.4) is 0 Å². The van der Waals surface area contributed by atoms with Crippen LogP contribution < -0.4 is 10.2 Å². The Balaban J connectivity index is 1.83. The molecule has 0 saturated carbocycles. The third-order valence-corrected chi connectivity index (χ3v) is 5.23. The molecule has 0 aromatic heterocycles. The minimum absolute atomic E-state index is 0.0857. The zero-order chi connectivity index (χ0) is 18.7. The van der Waals surface area contributed by atoms with Crippen molar-refractivity contribution in [2.75, 3.05) is 42.8 Å². The van der Waals surface area contributed by atoms with Gasteiger partial charge in [-0.1, -0.05) is 0 Å². The summed E-state index contributed by atoms with van der Waals surface area (Å²) in [5.74, 6) is 0. The lowest BCUT2D eigenvalue weighted by Gasteiger charge is -2.28. The highest BCUT2D eigenvalue weighted by Crippen LogP contribution is 2.31. The van der Waals surface area contributed by atoms with E-state index >= 15 is 0 Å². The van der Waals surface area contributed by atoms with Crippen LogP contribution in [0.5, 0.6) is 0 Å². The standard InChI is InChI=1S/C17H19N3O5S/c1-26(23,24)15-6-7-16(17(12-15)20(21)22)18-13-2-4-14(5-3-13)19-8-10-25-11-9-19/h2-7,12,18H,8-11H2,1H3. The van der Waals surface area contributed by atoms with Gasteiger partial charge in [0.2, 0.25) is 0 Å². The monoisotopic (exact) mass is 377 g/mol. The van der Waals surface area contributed by atoms with E-state index in [1.165, 1.54) is 12.1 Å². The molecule has 0 unspecified atom stereocenters. The fourth-order valence-corrected chi connectivity index (χ4v) is 3.37. The second-order valence-electron chi connectivity index (χ2n) is 5.98. The summed E-state index contributed by atoms with van der Waals surface area (Å²) in [6.45, 7) is 3.04. The SMILES string of the molecule is CS(=O)(=O)c1ccc(Nc2ccc(N3CCOCC3)cc2)c([N+](=O)[O-])c1. The Labute approximate surface area is 151 Å². The molecular formula is C17H19N3O5S. The molecule has 2 aromatic carbocycles. The van der Waals surface area contributed by atoms with E-state index in [4.69, 9.17) is 4.74 Å². The van der Waals surface area contributed by atoms with Crippen LogP contribution in [0.15, 0.2) is 47.4 Å². The van der Waals surface area contributed by atoms with Crippen LogP contribution in [0.4, 0.5) is 22.7 Å². The molecule has 0 aliphatic carbocycles. The number of nitro benzene ring substituents is 1. The number of hydrogen-bond acceptors (Lipinski definition) is 7. The molecule has 0 amide bonds. The molecule has 26 heavy (non-hydrogen) atoms. The average Bonchev–Trinajstić information content (AvgIpc) is 2.62. The van der Waals surface area contributed by atoms with Crippen molar-refractivity contribution in [2.24, 2.45) is 0 Å². The smallest absolute Gasteiger partial charge is 0.293 e. The first kappa shape index (κ1) is 18.2. The minimum atomic E-state index is -3.51. The molecule has 1 saturated heterocycles. The number of hydrogen-bond donors (Lipinski definition) is 1. The predicted molar refractivity (Wildman–Crippen MR) is 99.0 cm³/mol. The lowest BCUT2D eigenvalue weighted by molar-refractivity contribution is -0.384. The maximum Gasteiger partial charge on any atom is 0.293 e. The van der Waals surface area contributed by atoms with Gasteiger partial charge in [-0.25, -0.2) is 8.42 Å². The van der Waals surface area contributed by atoms with Gasteiger partial charge >= 0.3 is 0 Å². The molecule has 1 N–H and O–H groups in total. The number of nitro groups is 1. The van der Waals surface area contributed by atoms with Crippen molar-refractivity contribution in [1.29, 1.82) is 0 Å². The summed E-state index contributed by atoms with van der Waals surface area (Å²) in [6.07, 6.45) is 1.02. The summed E-state index contributed by atoms with van der Waals surface area (Å²) in [5, 5.41) is 14.3. The van der Waals surface area contributed by atoms with Crippen LogP contribution in [0.2, 0.25) is 0 Å². The second kappa shape index (κ2) is 7.30. The second-order valence-corrected chi connectivity index (χ2v) is 8.00. The third-order valence-electron chi connectivity index (χ3n) is 4.12. The number of benzene rings is 2. The van der Waals surface area contributed by atoms with Crippen molar-refractivity contribution >= 4 is 32.6 Å². The molecule has 3 rings (SSSR count). The van der Waals surface area contributed by atoms with E-state index in [-0.39, 0.29) is 16.3 Å². The van der Waals surface area contributed by atoms with Gasteiger partial charge in [-0.15, -0.1) is 0 Å². The lowest BCUT2D eigenvalue weighted by Crippen LogP contribution is -2.36. The van der Waals surface area contributed by atoms with Gasteiger partial charge in [-0.3, -0.25) is 10.1 Å².